The molecule has 0 radical (unpaired) electrons. The van der Waals surface area contributed by atoms with Crippen molar-refractivity contribution in [1.29, 1.82) is 0 Å². The highest BCUT2D eigenvalue weighted by molar-refractivity contribution is 7.16. The van der Waals surface area contributed by atoms with Crippen LogP contribution >= 0.6 is 22.9 Å². The van der Waals surface area contributed by atoms with E-state index in [9.17, 15) is 9.59 Å². The van der Waals surface area contributed by atoms with E-state index >= 15 is 0 Å². The van der Waals surface area contributed by atoms with Crippen LogP contribution in [0.5, 0.6) is 10.8 Å². The van der Waals surface area contributed by atoms with Crippen molar-refractivity contribution >= 4 is 40.5 Å². The summed E-state index contributed by atoms with van der Waals surface area (Å²) in [5, 5.41) is 3.56. The first-order valence-electron chi connectivity index (χ1n) is 5.59. The molecule has 2 aromatic rings. The molecule has 2 heterocycles. The largest absolute Gasteiger partial charge is 0.465 e. The summed E-state index contributed by atoms with van der Waals surface area (Å²) in [4.78, 5) is 24.0. The van der Waals surface area contributed by atoms with Crippen LogP contribution in [0.25, 0.3) is 0 Å². The van der Waals surface area contributed by atoms with E-state index in [1.165, 1.54) is 19.2 Å². The Balaban J connectivity index is 2.06. The summed E-state index contributed by atoms with van der Waals surface area (Å²) in [5.41, 5.74) is 0.785. The number of hydrogen-bond donors (Lipinski definition) is 1. The molecule has 0 bridgehead atoms. The quantitative estimate of drug-likeness (QED) is 0.818. The summed E-state index contributed by atoms with van der Waals surface area (Å²) in [5.74, 6) is -0.420. The Morgan fingerprint density at radius 2 is 2.20 bits per heavy atom. The van der Waals surface area contributed by atoms with Crippen molar-refractivity contribution in [1.82, 2.24) is 0 Å². The van der Waals surface area contributed by atoms with Gasteiger partial charge >= 0.3 is 5.97 Å². The number of benzene rings is 1. The van der Waals surface area contributed by atoms with Gasteiger partial charge in [-0.2, -0.15) is 0 Å². The van der Waals surface area contributed by atoms with Gasteiger partial charge < -0.3 is 14.8 Å². The van der Waals surface area contributed by atoms with Crippen molar-refractivity contribution in [2.24, 2.45) is 0 Å². The minimum atomic E-state index is -0.475. The van der Waals surface area contributed by atoms with E-state index in [0.29, 0.717) is 32.0 Å². The second-order valence-electron chi connectivity index (χ2n) is 4.00. The Hall–Kier alpha value is -2.05. The molecule has 102 valence electrons. The minimum Gasteiger partial charge on any atom is -0.465 e. The topological polar surface area (TPSA) is 64.6 Å². The van der Waals surface area contributed by atoms with E-state index in [0.717, 1.165) is 11.3 Å². The number of thiophene rings is 1. The van der Waals surface area contributed by atoms with Gasteiger partial charge in [0.2, 0.25) is 5.06 Å². The third-order valence-electron chi connectivity index (χ3n) is 2.72. The van der Waals surface area contributed by atoms with Crippen LogP contribution in [0.4, 0.5) is 5.69 Å². The van der Waals surface area contributed by atoms with Crippen molar-refractivity contribution in [3.63, 3.8) is 0 Å². The average Bonchev–Trinajstić information content (AvgIpc) is 2.77. The lowest BCUT2D eigenvalue weighted by atomic mass is 10.2. The number of nitrogens with one attached hydrogen (secondary N) is 1. The monoisotopic (exact) mass is 309 g/mol. The summed E-state index contributed by atoms with van der Waals surface area (Å²) < 4.78 is 10.3. The molecule has 1 aliphatic heterocycles. The van der Waals surface area contributed by atoms with Gasteiger partial charge in [-0.1, -0.05) is 22.9 Å². The highest BCUT2D eigenvalue weighted by Gasteiger charge is 2.25. The first-order chi connectivity index (χ1) is 9.58. The Morgan fingerprint density at radius 3 is 2.95 bits per heavy atom. The van der Waals surface area contributed by atoms with Gasteiger partial charge in [-0.05, 0) is 24.3 Å². The van der Waals surface area contributed by atoms with E-state index in [1.807, 2.05) is 0 Å². The molecule has 7 heteroatoms. The average molecular weight is 310 g/mol. The molecular weight excluding hydrogens is 302 g/mol. The van der Waals surface area contributed by atoms with Gasteiger partial charge in [0.15, 0.2) is 0 Å². The van der Waals surface area contributed by atoms with Gasteiger partial charge in [-0.15, -0.1) is 0 Å². The number of carbonyl (C=O) groups excluding carboxylic acids is 2. The van der Waals surface area contributed by atoms with Gasteiger partial charge in [0, 0.05) is 5.02 Å². The molecule has 0 fully saturated rings. The summed E-state index contributed by atoms with van der Waals surface area (Å²) >= 11 is 6.98. The van der Waals surface area contributed by atoms with Crippen molar-refractivity contribution in [2.75, 3.05) is 12.4 Å². The maximum absolute atomic E-state index is 12.1. The summed E-state index contributed by atoms with van der Waals surface area (Å²) in [6, 6.07) is 6.30. The lowest BCUT2D eigenvalue weighted by Crippen LogP contribution is -2.10. The van der Waals surface area contributed by atoms with Crippen molar-refractivity contribution in [3.05, 3.63) is 39.7 Å². The Morgan fingerprint density at radius 1 is 1.40 bits per heavy atom. The molecule has 0 saturated carbocycles. The highest BCUT2D eigenvalue weighted by Crippen LogP contribution is 2.42. The molecule has 0 unspecified atom stereocenters. The van der Waals surface area contributed by atoms with Gasteiger partial charge in [-0.25, -0.2) is 4.79 Å². The number of halogens is 1. The van der Waals surface area contributed by atoms with Crippen LogP contribution < -0.4 is 10.1 Å². The number of anilines is 1. The predicted molar refractivity (Wildman–Crippen MR) is 75.1 cm³/mol. The zero-order chi connectivity index (χ0) is 14.3. The van der Waals surface area contributed by atoms with E-state index in [2.05, 4.69) is 10.1 Å². The molecule has 1 N–H and O–H groups in total. The SMILES string of the molecule is COC(=O)c1cc2c(s1)Oc1ccc(Cl)cc1C(=O)N2. The van der Waals surface area contributed by atoms with Crippen LogP contribution in [0.1, 0.15) is 20.0 Å². The molecule has 20 heavy (non-hydrogen) atoms. The lowest BCUT2D eigenvalue weighted by molar-refractivity contribution is 0.0606. The Labute approximate surface area is 123 Å². The third kappa shape index (κ3) is 2.13. The standard InChI is InChI=1S/C13H8ClNO4S/c1-18-12(17)10-5-8-13(20-10)19-9-3-2-6(14)4-7(9)11(16)15-8/h2-5H,1H3,(H,15,16). The van der Waals surface area contributed by atoms with Crippen molar-refractivity contribution < 1.29 is 19.1 Å². The van der Waals surface area contributed by atoms with Gasteiger partial charge in [0.05, 0.1) is 18.4 Å². The van der Waals surface area contributed by atoms with Crippen LogP contribution in [0.2, 0.25) is 5.02 Å². The number of rotatable bonds is 1. The fourth-order valence-corrected chi connectivity index (χ4v) is 2.86. The second kappa shape index (κ2) is 4.81. The summed E-state index contributed by atoms with van der Waals surface area (Å²) in [6.07, 6.45) is 0. The van der Waals surface area contributed by atoms with E-state index < -0.39 is 5.97 Å². The Kier molecular flexibility index (Phi) is 3.11. The zero-order valence-corrected chi connectivity index (χ0v) is 11.8. The van der Waals surface area contributed by atoms with E-state index in [1.54, 1.807) is 12.1 Å². The first kappa shape index (κ1) is 13.0. The van der Waals surface area contributed by atoms with Crippen molar-refractivity contribution in [3.8, 4) is 10.8 Å². The molecule has 5 nitrogen and oxygen atoms in total. The van der Waals surface area contributed by atoms with E-state index in [4.69, 9.17) is 16.3 Å². The number of fused-ring (bicyclic) bond motifs is 2. The molecule has 0 saturated heterocycles. The number of carbonyl (C=O) groups is 2. The molecule has 1 amide bonds. The molecule has 0 aliphatic carbocycles. The van der Waals surface area contributed by atoms with Crippen LogP contribution in [-0.2, 0) is 4.74 Å². The summed E-state index contributed by atoms with van der Waals surface area (Å²) in [7, 11) is 1.30. The fourth-order valence-electron chi connectivity index (χ4n) is 1.80. The summed E-state index contributed by atoms with van der Waals surface area (Å²) in [6.45, 7) is 0. The second-order valence-corrected chi connectivity index (χ2v) is 5.45. The van der Waals surface area contributed by atoms with Crippen LogP contribution in [0.15, 0.2) is 24.3 Å². The number of ether oxygens (including phenoxy) is 2. The fraction of sp³-hybridized carbons (Fsp3) is 0.0769. The van der Waals surface area contributed by atoms with Crippen molar-refractivity contribution in [2.45, 2.75) is 0 Å². The van der Waals surface area contributed by atoms with Crippen LogP contribution in [0.3, 0.4) is 0 Å². The lowest BCUT2D eigenvalue weighted by Gasteiger charge is -2.04. The normalized spacial score (nSPS) is 12.6. The van der Waals surface area contributed by atoms with Crippen LogP contribution in [0, 0.1) is 0 Å². The first-order valence-corrected chi connectivity index (χ1v) is 6.79. The third-order valence-corrected chi connectivity index (χ3v) is 3.95. The maximum Gasteiger partial charge on any atom is 0.348 e. The number of amides is 1. The van der Waals surface area contributed by atoms with Gasteiger partial charge in [-0.3, -0.25) is 4.79 Å². The molecule has 3 rings (SSSR count). The number of esters is 1. The molecular formula is C13H8ClNO4S. The molecule has 1 aromatic heterocycles. The zero-order valence-electron chi connectivity index (χ0n) is 10.2. The molecule has 1 aromatic carbocycles. The Bertz CT molecular complexity index is 725. The smallest absolute Gasteiger partial charge is 0.348 e. The molecule has 0 atom stereocenters. The van der Waals surface area contributed by atoms with Crippen LogP contribution in [-0.4, -0.2) is 19.0 Å². The highest BCUT2D eigenvalue weighted by atomic mass is 35.5. The minimum absolute atomic E-state index is 0.338. The number of hydrogen-bond acceptors (Lipinski definition) is 5. The predicted octanol–water partition coefficient (Wildman–Crippen LogP) is 3.55. The number of methoxy groups -OCH3 is 1. The molecule has 1 aliphatic rings. The van der Waals surface area contributed by atoms with E-state index in [-0.39, 0.29) is 5.91 Å². The maximum atomic E-state index is 12.1. The van der Waals surface area contributed by atoms with Gasteiger partial charge in [0.1, 0.15) is 10.6 Å². The molecule has 0 spiro atoms. The van der Waals surface area contributed by atoms with Gasteiger partial charge in [0.25, 0.3) is 5.91 Å².